The van der Waals surface area contributed by atoms with Crippen molar-refractivity contribution in [2.45, 2.75) is 32.6 Å². The van der Waals surface area contributed by atoms with Crippen LogP contribution in [0, 0.1) is 16.0 Å². The number of nitro benzene ring substituents is 1. The smallest absolute Gasteiger partial charge is 0.336 e. The van der Waals surface area contributed by atoms with Crippen molar-refractivity contribution in [3.63, 3.8) is 0 Å². The fraction of sp³-hybridized carbons (Fsp3) is 0.370. The molecule has 0 aromatic heterocycles. The Hall–Kier alpha value is -4.05. The van der Waals surface area contributed by atoms with Gasteiger partial charge in [0, 0.05) is 42.5 Å². The molecule has 1 aliphatic rings. The third-order valence-corrected chi connectivity index (χ3v) is 6.06. The van der Waals surface area contributed by atoms with Gasteiger partial charge in [-0.3, -0.25) is 19.9 Å². The first kappa shape index (κ1) is 27.5. The summed E-state index contributed by atoms with van der Waals surface area (Å²) >= 11 is 0. The SMILES string of the molecule is COC(=O)C1C(C)=NC(C)=C(C(=O)OCCCOc2ccc(CCO)cc2)[C@H]1c1cccc([N+](=O)[O-])c1. The van der Waals surface area contributed by atoms with Gasteiger partial charge in [-0.25, -0.2) is 4.79 Å². The van der Waals surface area contributed by atoms with Crippen LogP contribution >= 0.6 is 0 Å². The van der Waals surface area contributed by atoms with Crippen molar-refractivity contribution in [2.24, 2.45) is 10.9 Å². The molecule has 1 unspecified atom stereocenters. The van der Waals surface area contributed by atoms with Gasteiger partial charge in [-0.2, -0.15) is 0 Å². The Morgan fingerprint density at radius 3 is 2.49 bits per heavy atom. The van der Waals surface area contributed by atoms with E-state index in [4.69, 9.17) is 19.3 Å². The molecule has 0 aliphatic carbocycles. The van der Waals surface area contributed by atoms with Gasteiger partial charge >= 0.3 is 11.9 Å². The van der Waals surface area contributed by atoms with Gasteiger partial charge in [-0.1, -0.05) is 24.3 Å². The minimum absolute atomic E-state index is 0.0610. The average Bonchev–Trinajstić information content (AvgIpc) is 2.88. The molecular formula is C27H30N2O8. The van der Waals surface area contributed by atoms with Crippen LogP contribution in [0.1, 0.15) is 37.3 Å². The van der Waals surface area contributed by atoms with Crippen LogP contribution in [0.3, 0.4) is 0 Å². The number of non-ortho nitro benzene ring substituents is 1. The molecule has 196 valence electrons. The number of carbonyl (C=O) groups is 2. The second kappa shape index (κ2) is 12.8. The van der Waals surface area contributed by atoms with Crippen molar-refractivity contribution in [1.29, 1.82) is 0 Å². The lowest BCUT2D eigenvalue weighted by Crippen LogP contribution is -2.36. The Bertz CT molecular complexity index is 1200. The Morgan fingerprint density at radius 2 is 1.84 bits per heavy atom. The Kier molecular flexibility index (Phi) is 9.51. The van der Waals surface area contributed by atoms with Gasteiger partial charge in [-0.05, 0) is 43.5 Å². The number of esters is 2. The second-order valence-electron chi connectivity index (χ2n) is 8.54. The highest BCUT2D eigenvalue weighted by molar-refractivity contribution is 6.07. The monoisotopic (exact) mass is 510 g/mol. The molecule has 10 nitrogen and oxygen atoms in total. The Morgan fingerprint density at radius 1 is 1.11 bits per heavy atom. The number of nitrogens with zero attached hydrogens (tertiary/aromatic N) is 2. The molecule has 1 N–H and O–H groups in total. The highest BCUT2D eigenvalue weighted by atomic mass is 16.6. The number of aliphatic imine (C=N–C) groups is 1. The summed E-state index contributed by atoms with van der Waals surface area (Å²) < 4.78 is 16.2. The van der Waals surface area contributed by atoms with E-state index in [0.717, 1.165) is 5.56 Å². The van der Waals surface area contributed by atoms with Crippen LogP contribution < -0.4 is 4.74 Å². The van der Waals surface area contributed by atoms with Crippen molar-refractivity contribution in [1.82, 2.24) is 0 Å². The van der Waals surface area contributed by atoms with E-state index in [1.54, 1.807) is 19.9 Å². The minimum Gasteiger partial charge on any atom is -0.493 e. The predicted molar refractivity (Wildman–Crippen MR) is 135 cm³/mol. The van der Waals surface area contributed by atoms with Crippen molar-refractivity contribution in [2.75, 3.05) is 26.9 Å². The standard InChI is InChI=1S/C27H30N2O8/c1-17-23(26(31)35-3)25(20-6-4-7-21(16-20)29(33)34)24(18(2)28-17)27(32)37-15-5-14-36-22-10-8-19(9-11-22)12-13-30/h4,6-11,16,23,25,30H,5,12-15H2,1-3H3/t23?,25-/m0/s1. The van der Waals surface area contributed by atoms with Gasteiger partial charge in [-0.15, -0.1) is 0 Å². The van der Waals surface area contributed by atoms with Gasteiger partial charge < -0.3 is 19.3 Å². The highest BCUT2D eigenvalue weighted by Gasteiger charge is 2.42. The first-order valence-electron chi connectivity index (χ1n) is 11.8. The summed E-state index contributed by atoms with van der Waals surface area (Å²) in [5.41, 5.74) is 2.23. The molecule has 0 saturated heterocycles. The summed E-state index contributed by atoms with van der Waals surface area (Å²) in [4.78, 5) is 41.1. The number of methoxy groups -OCH3 is 1. The first-order chi connectivity index (χ1) is 17.8. The second-order valence-corrected chi connectivity index (χ2v) is 8.54. The fourth-order valence-electron chi connectivity index (χ4n) is 4.30. The molecule has 10 heteroatoms. The zero-order valence-electron chi connectivity index (χ0n) is 21.0. The first-order valence-corrected chi connectivity index (χ1v) is 11.8. The van der Waals surface area contributed by atoms with E-state index in [9.17, 15) is 19.7 Å². The van der Waals surface area contributed by atoms with Crippen molar-refractivity contribution in [3.8, 4) is 5.75 Å². The number of aliphatic hydroxyl groups is 1. The molecule has 37 heavy (non-hydrogen) atoms. The van der Waals surface area contributed by atoms with Gasteiger partial charge in [0.05, 0.1) is 30.8 Å². The van der Waals surface area contributed by atoms with E-state index in [-0.39, 0.29) is 24.5 Å². The molecular weight excluding hydrogens is 480 g/mol. The predicted octanol–water partition coefficient (Wildman–Crippen LogP) is 3.76. The Labute approximate surface area is 214 Å². The van der Waals surface area contributed by atoms with Crippen molar-refractivity contribution >= 4 is 23.3 Å². The molecule has 2 aromatic rings. The zero-order valence-corrected chi connectivity index (χ0v) is 21.0. The summed E-state index contributed by atoms with van der Waals surface area (Å²) in [5, 5.41) is 20.4. The fourth-order valence-corrected chi connectivity index (χ4v) is 4.30. The van der Waals surface area contributed by atoms with Gasteiger partial charge in [0.1, 0.15) is 11.7 Å². The lowest BCUT2D eigenvalue weighted by molar-refractivity contribution is -0.384. The van der Waals surface area contributed by atoms with Crippen LogP contribution in [0.5, 0.6) is 5.75 Å². The molecule has 2 atom stereocenters. The number of aliphatic hydroxyl groups excluding tert-OH is 1. The van der Waals surface area contributed by atoms with E-state index in [1.165, 1.54) is 25.3 Å². The number of benzene rings is 2. The molecule has 0 spiro atoms. The van der Waals surface area contributed by atoms with Crippen LogP contribution in [0.25, 0.3) is 0 Å². The molecule has 2 aromatic carbocycles. The maximum absolute atomic E-state index is 13.2. The molecule has 0 amide bonds. The number of nitro groups is 1. The average molecular weight is 511 g/mol. The number of hydrogen-bond acceptors (Lipinski definition) is 9. The van der Waals surface area contributed by atoms with Crippen LogP contribution in [0.15, 0.2) is 64.8 Å². The number of hydrogen-bond donors (Lipinski definition) is 1. The molecule has 0 bridgehead atoms. The summed E-state index contributed by atoms with van der Waals surface area (Å²) in [6.07, 6.45) is 0.990. The van der Waals surface area contributed by atoms with E-state index in [1.807, 2.05) is 24.3 Å². The lowest BCUT2D eigenvalue weighted by atomic mass is 9.75. The maximum atomic E-state index is 13.2. The number of carbonyl (C=O) groups excluding carboxylic acids is 2. The zero-order chi connectivity index (χ0) is 26.9. The summed E-state index contributed by atoms with van der Waals surface area (Å²) in [7, 11) is 1.24. The molecule has 0 saturated carbocycles. The maximum Gasteiger partial charge on any atom is 0.336 e. The number of allylic oxidation sites excluding steroid dienone is 1. The van der Waals surface area contributed by atoms with E-state index in [2.05, 4.69) is 4.99 Å². The molecule has 1 aliphatic heterocycles. The third kappa shape index (κ3) is 6.79. The number of rotatable bonds is 11. The Balaban J connectivity index is 1.73. The van der Waals surface area contributed by atoms with Crippen LogP contribution in [-0.4, -0.2) is 54.6 Å². The van der Waals surface area contributed by atoms with Crippen molar-refractivity contribution in [3.05, 3.63) is 81.0 Å². The summed E-state index contributed by atoms with van der Waals surface area (Å²) in [5.74, 6) is -2.39. The van der Waals surface area contributed by atoms with Gasteiger partial charge in [0.2, 0.25) is 0 Å². The van der Waals surface area contributed by atoms with E-state index >= 15 is 0 Å². The normalized spacial score (nSPS) is 17.1. The third-order valence-electron chi connectivity index (χ3n) is 6.06. The molecule has 0 radical (unpaired) electrons. The number of ether oxygens (including phenoxy) is 3. The summed E-state index contributed by atoms with van der Waals surface area (Å²) in [6, 6.07) is 13.2. The topological polar surface area (TPSA) is 138 Å². The van der Waals surface area contributed by atoms with E-state index in [0.29, 0.717) is 42.2 Å². The minimum atomic E-state index is -0.935. The molecule has 1 heterocycles. The molecule has 3 rings (SSSR count). The molecule has 0 fully saturated rings. The highest BCUT2D eigenvalue weighted by Crippen LogP contribution is 2.40. The van der Waals surface area contributed by atoms with Crippen molar-refractivity contribution < 1.29 is 33.8 Å². The lowest BCUT2D eigenvalue weighted by Gasteiger charge is -2.31. The van der Waals surface area contributed by atoms with Gasteiger partial charge in [0.25, 0.3) is 5.69 Å². The van der Waals surface area contributed by atoms with Gasteiger partial charge in [0.15, 0.2) is 0 Å². The largest absolute Gasteiger partial charge is 0.493 e. The summed E-state index contributed by atoms with van der Waals surface area (Å²) in [6.45, 7) is 3.74. The van der Waals surface area contributed by atoms with Crippen LogP contribution in [0.2, 0.25) is 0 Å². The van der Waals surface area contributed by atoms with Crippen LogP contribution in [-0.2, 0) is 25.5 Å². The van der Waals surface area contributed by atoms with E-state index < -0.39 is 28.7 Å². The quantitative estimate of drug-likeness (QED) is 0.209. The van der Waals surface area contributed by atoms with Crippen LogP contribution in [0.4, 0.5) is 5.69 Å².